The number of likely N-dealkylation sites (tertiary alicyclic amines) is 2. The highest BCUT2D eigenvalue weighted by Gasteiger charge is 2.51. The SMILES string of the molecule is O=C(NC1CCCC[C@@H]1C(=O)N1CC[C@@H]2[C@H](c3ccccc3)Nc3c(F)cccc3[C@@H]21)c1ccccc1.O=C(NC1CCCC[C@@H]1C(=O)N1CC[C@H]2[C@@H](c3ccccc3)Nc3c(F)cccc3[C@H]21)c1ccccc1. The third-order valence-corrected chi connectivity index (χ3v) is 16.8. The van der Waals surface area contributed by atoms with Gasteiger partial charge in [-0.3, -0.25) is 19.2 Å². The second-order valence-corrected chi connectivity index (χ2v) is 21.0. The molecule has 4 heterocycles. The Morgan fingerprint density at radius 2 is 0.797 bits per heavy atom. The number of fused-ring (bicyclic) bond motifs is 6. The van der Waals surface area contributed by atoms with Crippen LogP contribution in [0, 0.1) is 35.3 Å². The number of nitrogens with zero attached hydrogens (tertiary/aromatic N) is 2. The molecule has 0 aromatic heterocycles. The average molecular weight is 995 g/mol. The Bertz CT molecular complexity index is 2760. The first-order chi connectivity index (χ1) is 36.2. The third-order valence-electron chi connectivity index (χ3n) is 16.8. The molecule has 10 atom stereocenters. The number of para-hydroxylation sites is 2. The molecular formula is C62H64F2N6O4. The number of rotatable bonds is 8. The second-order valence-electron chi connectivity index (χ2n) is 21.0. The third kappa shape index (κ3) is 9.66. The molecule has 0 bridgehead atoms. The standard InChI is InChI=1S/2C31H32FN3O2/c2*32-25-16-9-15-23-28(25)34-27(20-10-3-1-4-11-20)24-18-19-35(29(23)24)31(37)22-14-7-8-17-26(22)33-30(36)21-12-5-2-6-13-21/h2*1-6,9-13,15-16,22,24,26-27,29,34H,7-8,14,17-19H2,(H,33,36)/t22-,24+,26?,27-,29-;22-,24-,26?,27+,29+/m00/s1. The summed E-state index contributed by atoms with van der Waals surface area (Å²) in [6.07, 6.45) is 8.68. The minimum atomic E-state index is -0.290. The molecule has 2 saturated heterocycles. The van der Waals surface area contributed by atoms with Crippen LogP contribution >= 0.6 is 0 Å². The Morgan fingerprint density at radius 3 is 1.19 bits per heavy atom. The maximum absolute atomic E-state index is 15.1. The number of hydrogen-bond donors (Lipinski definition) is 4. The van der Waals surface area contributed by atoms with Gasteiger partial charge in [0.25, 0.3) is 11.8 Å². The smallest absolute Gasteiger partial charge is 0.251 e. The molecule has 0 spiro atoms. The number of nitrogens with one attached hydrogen (secondary N) is 4. The Balaban J connectivity index is 0.000000159. The van der Waals surface area contributed by atoms with Gasteiger partial charge in [0, 0.05) is 59.3 Å². The van der Waals surface area contributed by atoms with E-state index in [1.54, 1.807) is 36.4 Å². The molecule has 6 aromatic rings. The fourth-order valence-corrected chi connectivity index (χ4v) is 13.3. The van der Waals surface area contributed by atoms with Gasteiger partial charge in [0.1, 0.15) is 11.6 Å². The lowest BCUT2D eigenvalue weighted by molar-refractivity contribution is -0.139. The van der Waals surface area contributed by atoms with Gasteiger partial charge < -0.3 is 31.1 Å². The molecule has 12 rings (SSSR count). The van der Waals surface area contributed by atoms with Gasteiger partial charge in [-0.25, -0.2) is 8.78 Å². The van der Waals surface area contributed by atoms with Crippen LogP contribution in [-0.4, -0.2) is 58.6 Å². The molecule has 0 radical (unpaired) electrons. The monoisotopic (exact) mass is 994 g/mol. The van der Waals surface area contributed by atoms with Crippen molar-refractivity contribution in [1.82, 2.24) is 20.4 Å². The van der Waals surface area contributed by atoms with E-state index in [9.17, 15) is 19.2 Å². The Kier molecular flexibility index (Phi) is 14.3. The predicted molar refractivity (Wildman–Crippen MR) is 283 cm³/mol. The van der Waals surface area contributed by atoms with Crippen LogP contribution in [0.25, 0.3) is 0 Å². The van der Waals surface area contributed by atoms with E-state index < -0.39 is 0 Å². The number of carbonyl (C=O) groups is 4. The topological polar surface area (TPSA) is 123 Å². The van der Waals surface area contributed by atoms with Gasteiger partial charge in [0.15, 0.2) is 0 Å². The van der Waals surface area contributed by atoms with Crippen molar-refractivity contribution in [1.29, 1.82) is 0 Å². The number of carbonyl (C=O) groups excluding carboxylic acids is 4. The molecule has 2 saturated carbocycles. The zero-order valence-electron chi connectivity index (χ0n) is 41.6. The summed E-state index contributed by atoms with van der Waals surface area (Å²) >= 11 is 0. The number of benzene rings is 6. The zero-order valence-corrected chi connectivity index (χ0v) is 41.6. The van der Waals surface area contributed by atoms with Crippen molar-refractivity contribution in [3.8, 4) is 0 Å². The first-order valence-corrected chi connectivity index (χ1v) is 26.8. The van der Waals surface area contributed by atoms with Crippen LogP contribution in [0.2, 0.25) is 0 Å². The van der Waals surface area contributed by atoms with Gasteiger partial charge in [-0.1, -0.05) is 147 Å². The molecule has 4 aliphatic heterocycles. The highest BCUT2D eigenvalue weighted by molar-refractivity contribution is 5.95. The van der Waals surface area contributed by atoms with Crippen LogP contribution < -0.4 is 21.3 Å². The molecule has 4 N–H and O–H groups in total. The van der Waals surface area contributed by atoms with Crippen LogP contribution in [0.3, 0.4) is 0 Å². The van der Waals surface area contributed by atoms with Crippen molar-refractivity contribution >= 4 is 35.0 Å². The van der Waals surface area contributed by atoms with Crippen LogP contribution in [-0.2, 0) is 9.59 Å². The molecule has 6 aromatic carbocycles. The van der Waals surface area contributed by atoms with Gasteiger partial charge in [0.2, 0.25) is 11.8 Å². The molecule has 74 heavy (non-hydrogen) atoms. The number of anilines is 2. The second kappa shape index (κ2) is 21.6. The highest BCUT2D eigenvalue weighted by Crippen LogP contribution is 2.54. The molecule has 4 fully saturated rings. The maximum Gasteiger partial charge on any atom is 0.251 e. The minimum absolute atomic E-state index is 0.0756. The van der Waals surface area contributed by atoms with Crippen molar-refractivity contribution in [2.75, 3.05) is 23.7 Å². The summed E-state index contributed by atoms with van der Waals surface area (Å²) in [4.78, 5) is 58.2. The van der Waals surface area contributed by atoms with Gasteiger partial charge in [-0.2, -0.15) is 0 Å². The van der Waals surface area contributed by atoms with Crippen LogP contribution in [0.1, 0.15) is 131 Å². The van der Waals surface area contributed by atoms with Crippen molar-refractivity contribution in [3.63, 3.8) is 0 Å². The van der Waals surface area contributed by atoms with Crippen molar-refractivity contribution in [2.45, 2.75) is 100 Å². The lowest BCUT2D eigenvalue weighted by Crippen LogP contribution is -2.50. The highest BCUT2D eigenvalue weighted by atomic mass is 19.1. The first kappa shape index (κ1) is 48.9. The van der Waals surface area contributed by atoms with Gasteiger partial charge >= 0.3 is 0 Å². The Morgan fingerprint density at radius 1 is 0.432 bits per heavy atom. The number of amides is 4. The van der Waals surface area contributed by atoms with E-state index in [1.165, 1.54) is 12.1 Å². The maximum atomic E-state index is 15.1. The number of hydrogen-bond acceptors (Lipinski definition) is 6. The number of halogens is 2. The van der Waals surface area contributed by atoms with E-state index in [-0.39, 0.29) is 95.2 Å². The van der Waals surface area contributed by atoms with Crippen LogP contribution in [0.5, 0.6) is 0 Å². The largest absolute Gasteiger partial charge is 0.375 e. The summed E-state index contributed by atoms with van der Waals surface area (Å²) in [6, 6.07) is 48.0. The van der Waals surface area contributed by atoms with E-state index in [4.69, 9.17) is 0 Å². The predicted octanol–water partition coefficient (Wildman–Crippen LogP) is 11.7. The van der Waals surface area contributed by atoms with E-state index in [2.05, 4.69) is 45.5 Å². The molecule has 6 aliphatic rings. The molecule has 10 nitrogen and oxygen atoms in total. The fraction of sp³-hybridized carbons (Fsp3) is 0.355. The molecule has 2 unspecified atom stereocenters. The minimum Gasteiger partial charge on any atom is -0.375 e. The van der Waals surface area contributed by atoms with E-state index in [1.807, 2.05) is 94.7 Å². The van der Waals surface area contributed by atoms with Crippen molar-refractivity contribution < 1.29 is 28.0 Å². The summed E-state index contributed by atoms with van der Waals surface area (Å²) < 4.78 is 30.1. The van der Waals surface area contributed by atoms with Crippen molar-refractivity contribution in [3.05, 3.63) is 203 Å². The average Bonchev–Trinajstić information content (AvgIpc) is 4.11. The summed E-state index contributed by atoms with van der Waals surface area (Å²) in [7, 11) is 0. The Hall–Kier alpha value is -7.34. The summed E-state index contributed by atoms with van der Waals surface area (Å²) in [5.41, 5.74) is 6.11. The quantitative estimate of drug-likeness (QED) is 0.120. The fourth-order valence-electron chi connectivity index (χ4n) is 13.3. The molecular weight excluding hydrogens is 931 g/mol. The van der Waals surface area contributed by atoms with E-state index in [0.717, 1.165) is 86.5 Å². The van der Waals surface area contributed by atoms with E-state index in [0.29, 0.717) is 35.6 Å². The van der Waals surface area contributed by atoms with Gasteiger partial charge in [-0.15, -0.1) is 0 Å². The van der Waals surface area contributed by atoms with Crippen LogP contribution in [0.4, 0.5) is 20.2 Å². The van der Waals surface area contributed by atoms with Gasteiger partial charge in [0.05, 0.1) is 47.4 Å². The molecule has 380 valence electrons. The normalized spacial score (nSPS) is 26.5. The van der Waals surface area contributed by atoms with E-state index >= 15 is 8.78 Å². The molecule has 2 aliphatic carbocycles. The lowest BCUT2D eigenvalue weighted by Gasteiger charge is -2.42. The zero-order chi connectivity index (χ0) is 50.7. The van der Waals surface area contributed by atoms with Crippen LogP contribution in [0.15, 0.2) is 158 Å². The summed E-state index contributed by atoms with van der Waals surface area (Å²) in [5.74, 6) is -0.966. The lowest BCUT2D eigenvalue weighted by atomic mass is 9.79. The van der Waals surface area contributed by atoms with Crippen molar-refractivity contribution in [2.24, 2.45) is 23.7 Å². The summed E-state index contributed by atoms with van der Waals surface area (Å²) in [6.45, 7) is 1.26. The first-order valence-electron chi connectivity index (χ1n) is 26.8. The molecule has 4 amide bonds. The van der Waals surface area contributed by atoms with Gasteiger partial charge in [-0.05, 0) is 86.1 Å². The Labute approximate surface area is 432 Å². The molecule has 12 heteroatoms. The summed E-state index contributed by atoms with van der Waals surface area (Å²) in [5, 5.41) is 13.3.